The fourth-order valence-electron chi connectivity index (χ4n) is 2.00. The minimum absolute atomic E-state index is 0.191. The highest BCUT2D eigenvalue weighted by atomic mass is 79.9. The molecule has 0 bridgehead atoms. The predicted octanol–water partition coefficient (Wildman–Crippen LogP) is 3.21. The predicted molar refractivity (Wildman–Crippen MR) is 71.2 cm³/mol. The molecule has 0 aliphatic carbocycles. The van der Waals surface area contributed by atoms with Crippen molar-refractivity contribution in [2.45, 2.75) is 18.9 Å². The molecule has 2 rings (SSSR count). The normalized spacial score (nSPS) is 22.3. The molecule has 1 aliphatic rings. The summed E-state index contributed by atoms with van der Waals surface area (Å²) in [5.41, 5.74) is 7.29. The minimum Gasteiger partial charge on any atom is -0.327 e. The van der Waals surface area contributed by atoms with E-state index >= 15 is 0 Å². The van der Waals surface area contributed by atoms with Crippen molar-refractivity contribution >= 4 is 27.7 Å². The Kier molecular flexibility index (Phi) is 4.27. The number of hydrogen-bond acceptors (Lipinski definition) is 2. The Labute approximate surface area is 108 Å². The number of benzene rings is 1. The molecule has 2 atom stereocenters. The molecule has 1 nitrogen and oxygen atoms in total. The van der Waals surface area contributed by atoms with Gasteiger partial charge in [0.25, 0.3) is 0 Å². The molecule has 0 amide bonds. The van der Waals surface area contributed by atoms with Crippen LogP contribution in [0.25, 0.3) is 0 Å². The Hall–Kier alpha value is -0.0600. The molecule has 16 heavy (non-hydrogen) atoms. The van der Waals surface area contributed by atoms with Crippen LogP contribution < -0.4 is 5.73 Å². The van der Waals surface area contributed by atoms with Gasteiger partial charge in [0.1, 0.15) is 5.82 Å². The summed E-state index contributed by atoms with van der Waals surface area (Å²) in [6.07, 6.45) is 2.04. The lowest BCUT2D eigenvalue weighted by Gasteiger charge is -2.18. The molecule has 0 spiro atoms. The Balaban J connectivity index is 2.02. The molecule has 2 unspecified atom stereocenters. The van der Waals surface area contributed by atoms with Crippen LogP contribution >= 0.6 is 27.7 Å². The maximum Gasteiger partial charge on any atom is 0.124 e. The fraction of sp³-hybridized carbons (Fsp3) is 0.500. The van der Waals surface area contributed by atoms with Crippen molar-refractivity contribution in [1.82, 2.24) is 0 Å². The van der Waals surface area contributed by atoms with E-state index in [0.717, 1.165) is 16.5 Å². The van der Waals surface area contributed by atoms with Gasteiger partial charge in [-0.25, -0.2) is 4.39 Å². The first-order valence-electron chi connectivity index (χ1n) is 5.44. The van der Waals surface area contributed by atoms with Gasteiger partial charge in [0.15, 0.2) is 0 Å². The smallest absolute Gasteiger partial charge is 0.124 e. The SMILES string of the molecule is NC(Cc1ccc(F)cc1Br)C1CCSC1. The Bertz CT molecular complexity index is 366. The van der Waals surface area contributed by atoms with Crippen molar-refractivity contribution in [2.75, 3.05) is 11.5 Å². The van der Waals surface area contributed by atoms with Gasteiger partial charge in [-0.1, -0.05) is 22.0 Å². The minimum atomic E-state index is -0.208. The molecule has 1 heterocycles. The van der Waals surface area contributed by atoms with Crippen molar-refractivity contribution < 1.29 is 4.39 Å². The molecule has 4 heteroatoms. The molecule has 1 fully saturated rings. The van der Waals surface area contributed by atoms with E-state index in [1.54, 1.807) is 0 Å². The van der Waals surface area contributed by atoms with Gasteiger partial charge in [0.05, 0.1) is 0 Å². The van der Waals surface area contributed by atoms with Crippen molar-refractivity contribution in [3.63, 3.8) is 0 Å². The summed E-state index contributed by atoms with van der Waals surface area (Å²) in [6.45, 7) is 0. The second kappa shape index (κ2) is 5.52. The molecule has 1 aliphatic heterocycles. The summed E-state index contributed by atoms with van der Waals surface area (Å²) in [6, 6.07) is 5.01. The topological polar surface area (TPSA) is 26.0 Å². The molecule has 0 radical (unpaired) electrons. The van der Waals surface area contributed by atoms with Crippen LogP contribution in [-0.4, -0.2) is 17.5 Å². The van der Waals surface area contributed by atoms with Crippen LogP contribution in [-0.2, 0) is 6.42 Å². The first-order chi connectivity index (χ1) is 7.66. The average Bonchev–Trinajstić information content (AvgIpc) is 2.75. The van der Waals surface area contributed by atoms with E-state index in [0.29, 0.717) is 5.92 Å². The highest BCUT2D eigenvalue weighted by Crippen LogP contribution is 2.28. The maximum absolute atomic E-state index is 12.9. The lowest BCUT2D eigenvalue weighted by Crippen LogP contribution is -2.32. The van der Waals surface area contributed by atoms with Crippen molar-refractivity contribution in [1.29, 1.82) is 0 Å². The van der Waals surface area contributed by atoms with Crippen molar-refractivity contribution in [2.24, 2.45) is 11.7 Å². The first kappa shape index (κ1) is 12.4. The summed E-state index contributed by atoms with van der Waals surface area (Å²) in [5, 5.41) is 0. The van der Waals surface area contributed by atoms with Gasteiger partial charge >= 0.3 is 0 Å². The number of rotatable bonds is 3. The average molecular weight is 304 g/mol. The maximum atomic E-state index is 12.9. The van der Waals surface area contributed by atoms with Gasteiger partial charge in [-0.05, 0) is 48.0 Å². The summed E-state index contributed by atoms with van der Waals surface area (Å²) in [4.78, 5) is 0. The van der Waals surface area contributed by atoms with Gasteiger partial charge in [-0.3, -0.25) is 0 Å². The monoisotopic (exact) mass is 303 g/mol. The van der Waals surface area contributed by atoms with E-state index in [1.807, 2.05) is 17.8 Å². The highest BCUT2D eigenvalue weighted by Gasteiger charge is 2.23. The Morgan fingerprint density at radius 1 is 1.56 bits per heavy atom. The molecule has 1 aromatic rings. The second-order valence-electron chi connectivity index (χ2n) is 4.23. The molecule has 0 saturated carbocycles. The second-order valence-corrected chi connectivity index (χ2v) is 6.23. The molecule has 88 valence electrons. The first-order valence-corrected chi connectivity index (χ1v) is 7.39. The molecule has 1 saturated heterocycles. The zero-order chi connectivity index (χ0) is 11.5. The number of halogens is 2. The zero-order valence-corrected chi connectivity index (χ0v) is 11.4. The van der Waals surface area contributed by atoms with Crippen LogP contribution in [0.1, 0.15) is 12.0 Å². The van der Waals surface area contributed by atoms with Crippen LogP contribution in [0, 0.1) is 11.7 Å². The molecule has 0 aromatic heterocycles. The number of nitrogens with two attached hydrogens (primary N) is 1. The number of thioether (sulfide) groups is 1. The summed E-state index contributed by atoms with van der Waals surface area (Å²) in [5.74, 6) is 2.80. The zero-order valence-electron chi connectivity index (χ0n) is 8.96. The van der Waals surface area contributed by atoms with E-state index in [9.17, 15) is 4.39 Å². The largest absolute Gasteiger partial charge is 0.327 e. The van der Waals surface area contributed by atoms with Gasteiger partial charge < -0.3 is 5.73 Å². The molecule has 2 N–H and O–H groups in total. The third kappa shape index (κ3) is 2.99. The van der Waals surface area contributed by atoms with E-state index in [4.69, 9.17) is 5.73 Å². The standard InChI is InChI=1S/C12H15BrFNS/c13-11-6-10(14)2-1-8(11)5-12(15)9-3-4-16-7-9/h1-2,6,9,12H,3-5,7,15H2. The van der Waals surface area contributed by atoms with E-state index in [-0.39, 0.29) is 11.9 Å². The third-order valence-electron chi connectivity index (χ3n) is 3.04. The van der Waals surface area contributed by atoms with Gasteiger partial charge in [0, 0.05) is 10.5 Å². The van der Waals surface area contributed by atoms with Crippen molar-refractivity contribution in [3.05, 3.63) is 34.1 Å². The van der Waals surface area contributed by atoms with Gasteiger partial charge in [-0.15, -0.1) is 0 Å². The molecule has 1 aromatic carbocycles. The summed E-state index contributed by atoms with van der Waals surface area (Å²) in [7, 11) is 0. The van der Waals surface area contributed by atoms with Crippen LogP contribution in [0.3, 0.4) is 0 Å². The quantitative estimate of drug-likeness (QED) is 0.928. The van der Waals surface area contributed by atoms with E-state index in [1.165, 1.54) is 30.1 Å². The number of hydrogen-bond donors (Lipinski definition) is 1. The van der Waals surface area contributed by atoms with Gasteiger partial charge in [0.2, 0.25) is 0 Å². The Morgan fingerprint density at radius 2 is 2.38 bits per heavy atom. The molecular formula is C12H15BrFNS. The lowest BCUT2D eigenvalue weighted by atomic mass is 9.94. The fourth-order valence-corrected chi connectivity index (χ4v) is 3.86. The summed E-state index contributed by atoms with van der Waals surface area (Å²) < 4.78 is 13.7. The van der Waals surface area contributed by atoms with Crippen LogP contribution in [0.4, 0.5) is 4.39 Å². The van der Waals surface area contributed by atoms with Crippen LogP contribution in [0.2, 0.25) is 0 Å². The third-order valence-corrected chi connectivity index (χ3v) is 4.97. The van der Waals surface area contributed by atoms with Crippen molar-refractivity contribution in [3.8, 4) is 0 Å². The Morgan fingerprint density at radius 3 is 3.00 bits per heavy atom. The van der Waals surface area contributed by atoms with E-state index < -0.39 is 0 Å². The van der Waals surface area contributed by atoms with Crippen LogP contribution in [0.15, 0.2) is 22.7 Å². The lowest BCUT2D eigenvalue weighted by molar-refractivity contribution is 0.462. The van der Waals surface area contributed by atoms with E-state index in [2.05, 4.69) is 15.9 Å². The highest BCUT2D eigenvalue weighted by molar-refractivity contribution is 9.10. The van der Waals surface area contributed by atoms with Crippen LogP contribution in [0.5, 0.6) is 0 Å². The molecular weight excluding hydrogens is 289 g/mol. The summed E-state index contributed by atoms with van der Waals surface area (Å²) >= 11 is 5.36. The van der Waals surface area contributed by atoms with Gasteiger partial charge in [-0.2, -0.15) is 11.8 Å².